The Labute approximate surface area is 88.4 Å². The summed E-state index contributed by atoms with van der Waals surface area (Å²) in [5, 5.41) is 3.15. The number of carbonyl (C=O) groups excluding carboxylic acids is 1. The lowest BCUT2D eigenvalue weighted by atomic mass is 10.1. The number of hydrogen-bond donors (Lipinski definition) is 1. The van der Waals surface area contributed by atoms with Crippen molar-refractivity contribution in [2.45, 2.75) is 32.5 Å². The molecule has 0 amide bonds. The van der Waals surface area contributed by atoms with Crippen LogP contribution < -0.4 is 5.32 Å². The molecule has 2 heterocycles. The van der Waals surface area contributed by atoms with Crippen LogP contribution in [0.3, 0.4) is 0 Å². The topological polar surface area (TPSA) is 56.2 Å². The van der Waals surface area contributed by atoms with Gasteiger partial charge in [-0.25, -0.2) is 4.98 Å². The van der Waals surface area contributed by atoms with Crippen molar-refractivity contribution in [2.75, 3.05) is 7.11 Å². The molecule has 1 atom stereocenters. The molecule has 5 nitrogen and oxygen atoms in total. The van der Waals surface area contributed by atoms with Crippen molar-refractivity contribution in [3.05, 3.63) is 17.7 Å². The van der Waals surface area contributed by atoms with E-state index in [9.17, 15) is 4.79 Å². The molecule has 0 bridgehead atoms. The maximum Gasteiger partial charge on any atom is 0.323 e. The normalized spacial score (nSPS) is 19.7. The highest BCUT2D eigenvalue weighted by molar-refractivity contribution is 5.76. The molecule has 2 rings (SSSR count). The van der Waals surface area contributed by atoms with E-state index in [0.29, 0.717) is 13.0 Å². The van der Waals surface area contributed by atoms with Gasteiger partial charge in [0, 0.05) is 19.5 Å². The van der Waals surface area contributed by atoms with Gasteiger partial charge in [-0.3, -0.25) is 10.1 Å². The maximum atomic E-state index is 11.3. The van der Waals surface area contributed by atoms with Crippen molar-refractivity contribution in [3.63, 3.8) is 0 Å². The zero-order valence-corrected chi connectivity index (χ0v) is 8.99. The van der Waals surface area contributed by atoms with Crippen molar-refractivity contribution >= 4 is 5.97 Å². The summed E-state index contributed by atoms with van der Waals surface area (Å²) < 4.78 is 6.79. The van der Waals surface area contributed by atoms with Crippen molar-refractivity contribution in [1.29, 1.82) is 0 Å². The molecule has 5 heteroatoms. The quantitative estimate of drug-likeness (QED) is 0.701. The van der Waals surface area contributed by atoms with Gasteiger partial charge >= 0.3 is 5.97 Å². The standard InChI is InChI=1S/C10H15N3O2/c1-3-13-6-12-7-4-8(10(14)15-2)11-5-9(7)13/h6,8,11H,3-5H2,1-2H3/t8-/m1/s1. The summed E-state index contributed by atoms with van der Waals surface area (Å²) in [4.78, 5) is 15.6. The third-order valence-electron chi connectivity index (χ3n) is 2.77. The van der Waals surface area contributed by atoms with E-state index in [1.807, 2.05) is 6.33 Å². The summed E-state index contributed by atoms with van der Waals surface area (Å²) in [6, 6.07) is -0.247. The van der Waals surface area contributed by atoms with Crippen LogP contribution in [-0.2, 0) is 29.0 Å². The molecule has 0 saturated heterocycles. The van der Waals surface area contributed by atoms with Gasteiger partial charge in [0.1, 0.15) is 6.04 Å². The van der Waals surface area contributed by atoms with Gasteiger partial charge < -0.3 is 9.30 Å². The lowest BCUT2D eigenvalue weighted by molar-refractivity contribution is -0.143. The van der Waals surface area contributed by atoms with E-state index >= 15 is 0 Å². The third kappa shape index (κ3) is 1.74. The molecule has 1 aliphatic heterocycles. The first-order valence-corrected chi connectivity index (χ1v) is 5.10. The van der Waals surface area contributed by atoms with Crippen LogP contribution in [0, 0.1) is 0 Å². The Morgan fingerprint density at radius 1 is 1.80 bits per heavy atom. The molecule has 0 aromatic carbocycles. The molecule has 0 unspecified atom stereocenters. The van der Waals surface area contributed by atoms with E-state index in [1.54, 1.807) is 0 Å². The van der Waals surface area contributed by atoms with Crippen LogP contribution >= 0.6 is 0 Å². The Balaban J connectivity index is 2.17. The van der Waals surface area contributed by atoms with E-state index in [2.05, 4.69) is 21.8 Å². The summed E-state index contributed by atoms with van der Waals surface area (Å²) >= 11 is 0. The Morgan fingerprint density at radius 3 is 3.27 bits per heavy atom. The van der Waals surface area contributed by atoms with E-state index < -0.39 is 0 Å². The minimum absolute atomic E-state index is 0.216. The zero-order chi connectivity index (χ0) is 10.8. The predicted octanol–water partition coefficient (Wildman–Crippen LogP) is 0.0903. The van der Waals surface area contributed by atoms with Crippen LogP contribution in [-0.4, -0.2) is 28.7 Å². The maximum absolute atomic E-state index is 11.3. The van der Waals surface area contributed by atoms with Gasteiger partial charge in [0.25, 0.3) is 0 Å². The van der Waals surface area contributed by atoms with Gasteiger partial charge in [-0.05, 0) is 6.92 Å². The van der Waals surface area contributed by atoms with Gasteiger partial charge in [-0.15, -0.1) is 0 Å². The van der Waals surface area contributed by atoms with Crippen LogP contribution in [0.15, 0.2) is 6.33 Å². The molecule has 1 aromatic rings. The Kier molecular flexibility index (Phi) is 2.73. The van der Waals surface area contributed by atoms with Crippen LogP contribution in [0.2, 0.25) is 0 Å². The summed E-state index contributed by atoms with van der Waals surface area (Å²) in [7, 11) is 1.41. The second-order valence-electron chi connectivity index (χ2n) is 3.58. The van der Waals surface area contributed by atoms with Crippen LogP contribution in [0.25, 0.3) is 0 Å². The van der Waals surface area contributed by atoms with Crippen molar-refractivity contribution in [2.24, 2.45) is 0 Å². The summed E-state index contributed by atoms with van der Waals surface area (Å²) in [5.74, 6) is -0.216. The number of hydrogen-bond acceptors (Lipinski definition) is 4. The minimum atomic E-state index is -0.247. The van der Waals surface area contributed by atoms with Gasteiger partial charge in [0.15, 0.2) is 0 Å². The minimum Gasteiger partial charge on any atom is -0.468 e. The Hall–Kier alpha value is -1.36. The van der Waals surface area contributed by atoms with E-state index in [4.69, 9.17) is 4.74 Å². The van der Waals surface area contributed by atoms with Gasteiger partial charge in [0.05, 0.1) is 24.8 Å². The zero-order valence-electron chi connectivity index (χ0n) is 8.99. The molecule has 82 valence electrons. The third-order valence-corrected chi connectivity index (χ3v) is 2.77. The molecule has 1 aliphatic rings. The number of nitrogens with one attached hydrogen (secondary N) is 1. The number of ether oxygens (including phenoxy) is 1. The number of nitrogens with zero attached hydrogens (tertiary/aromatic N) is 2. The van der Waals surface area contributed by atoms with Crippen molar-refractivity contribution in [3.8, 4) is 0 Å². The highest BCUT2D eigenvalue weighted by atomic mass is 16.5. The Morgan fingerprint density at radius 2 is 2.60 bits per heavy atom. The molecule has 1 aromatic heterocycles. The van der Waals surface area contributed by atoms with Crippen molar-refractivity contribution in [1.82, 2.24) is 14.9 Å². The molecule has 0 fully saturated rings. The fourth-order valence-corrected chi connectivity index (χ4v) is 1.89. The second-order valence-corrected chi connectivity index (χ2v) is 3.58. The summed E-state index contributed by atoms with van der Waals surface area (Å²) in [6.07, 6.45) is 2.45. The predicted molar refractivity (Wildman–Crippen MR) is 54.2 cm³/mol. The van der Waals surface area contributed by atoms with Crippen LogP contribution in [0.5, 0.6) is 0 Å². The monoisotopic (exact) mass is 209 g/mol. The van der Waals surface area contributed by atoms with E-state index in [1.165, 1.54) is 12.8 Å². The number of rotatable bonds is 2. The number of aryl methyl sites for hydroxylation is 1. The SMILES string of the molecule is CCn1cnc2c1CN[C@@H](C(=O)OC)C2. The van der Waals surface area contributed by atoms with Crippen molar-refractivity contribution < 1.29 is 9.53 Å². The Bertz CT molecular complexity index is 373. The lowest BCUT2D eigenvalue weighted by Crippen LogP contribution is -2.42. The highest BCUT2D eigenvalue weighted by Crippen LogP contribution is 2.15. The first kappa shape index (κ1) is 10.2. The average molecular weight is 209 g/mol. The fourth-order valence-electron chi connectivity index (χ4n) is 1.89. The number of carbonyl (C=O) groups is 1. The molecule has 15 heavy (non-hydrogen) atoms. The number of imidazole rings is 1. The van der Waals surface area contributed by atoms with Crippen LogP contribution in [0.4, 0.5) is 0 Å². The molecule has 0 saturated carbocycles. The van der Waals surface area contributed by atoms with E-state index in [0.717, 1.165) is 12.2 Å². The molecule has 1 N–H and O–H groups in total. The molecular weight excluding hydrogens is 194 g/mol. The number of methoxy groups -OCH3 is 1. The summed E-state index contributed by atoms with van der Waals surface area (Å²) in [6.45, 7) is 3.67. The largest absolute Gasteiger partial charge is 0.468 e. The smallest absolute Gasteiger partial charge is 0.323 e. The number of esters is 1. The first-order valence-electron chi connectivity index (χ1n) is 5.10. The molecule has 0 aliphatic carbocycles. The second kappa shape index (κ2) is 4.02. The number of fused-ring (bicyclic) bond motifs is 1. The first-order chi connectivity index (χ1) is 7.26. The molecular formula is C10H15N3O2. The van der Waals surface area contributed by atoms with E-state index in [-0.39, 0.29) is 12.0 Å². The number of aromatic nitrogens is 2. The van der Waals surface area contributed by atoms with Crippen LogP contribution in [0.1, 0.15) is 18.3 Å². The van der Waals surface area contributed by atoms with Gasteiger partial charge in [-0.1, -0.05) is 0 Å². The molecule has 0 radical (unpaired) electrons. The molecule has 0 spiro atoms. The fraction of sp³-hybridized carbons (Fsp3) is 0.600. The highest BCUT2D eigenvalue weighted by Gasteiger charge is 2.27. The van der Waals surface area contributed by atoms with Gasteiger partial charge in [-0.2, -0.15) is 0 Å². The average Bonchev–Trinajstić information content (AvgIpc) is 2.69. The lowest BCUT2D eigenvalue weighted by Gasteiger charge is -2.22. The van der Waals surface area contributed by atoms with Gasteiger partial charge in [0.2, 0.25) is 0 Å². The summed E-state index contributed by atoms with van der Waals surface area (Å²) in [5.41, 5.74) is 2.18.